The molecule has 0 aliphatic carbocycles. The minimum atomic E-state index is -0.0446. The highest BCUT2D eigenvalue weighted by molar-refractivity contribution is 5.78. The standard InChI is InChI=1S/C21H27N3O3/c25-20(16-23-10-12-26-13-11-23)24-9-5-4-8-19(24)21-22-15-18(27-21)14-17-6-2-1-3-7-17/h1-3,6-7,15,19H,4-5,8-14,16H2. The summed E-state index contributed by atoms with van der Waals surface area (Å²) in [5.41, 5.74) is 1.20. The number of nitrogens with zero attached hydrogens (tertiary/aromatic N) is 3. The summed E-state index contributed by atoms with van der Waals surface area (Å²) in [6.45, 7) is 4.30. The Bertz CT molecular complexity index is 740. The third kappa shape index (κ3) is 4.57. The molecule has 1 atom stereocenters. The number of morpholine rings is 1. The van der Waals surface area contributed by atoms with Crippen molar-refractivity contribution in [2.75, 3.05) is 39.4 Å². The molecule has 3 heterocycles. The predicted octanol–water partition coefficient (Wildman–Crippen LogP) is 2.65. The lowest BCUT2D eigenvalue weighted by atomic mass is 10.0. The van der Waals surface area contributed by atoms with Crippen LogP contribution in [0.15, 0.2) is 40.9 Å². The first-order chi connectivity index (χ1) is 13.3. The molecule has 1 aromatic heterocycles. The zero-order valence-electron chi connectivity index (χ0n) is 15.7. The molecule has 6 nitrogen and oxygen atoms in total. The highest BCUT2D eigenvalue weighted by Gasteiger charge is 2.32. The molecule has 0 N–H and O–H groups in total. The van der Waals surface area contributed by atoms with E-state index in [-0.39, 0.29) is 11.9 Å². The number of amides is 1. The minimum Gasteiger partial charge on any atom is -0.443 e. The summed E-state index contributed by atoms with van der Waals surface area (Å²) in [5, 5.41) is 0. The molecule has 2 aromatic rings. The largest absolute Gasteiger partial charge is 0.443 e. The Morgan fingerprint density at radius 3 is 2.74 bits per heavy atom. The van der Waals surface area contributed by atoms with Gasteiger partial charge in [-0.1, -0.05) is 30.3 Å². The highest BCUT2D eigenvalue weighted by atomic mass is 16.5. The average molecular weight is 369 g/mol. The van der Waals surface area contributed by atoms with Gasteiger partial charge in [0, 0.05) is 26.1 Å². The fraction of sp³-hybridized carbons (Fsp3) is 0.524. The van der Waals surface area contributed by atoms with Gasteiger partial charge in [0.1, 0.15) is 11.8 Å². The first-order valence-corrected chi connectivity index (χ1v) is 9.88. The summed E-state index contributed by atoms with van der Waals surface area (Å²) >= 11 is 0. The molecular weight excluding hydrogens is 342 g/mol. The van der Waals surface area contributed by atoms with Gasteiger partial charge >= 0.3 is 0 Å². The third-order valence-electron chi connectivity index (χ3n) is 5.36. The van der Waals surface area contributed by atoms with Gasteiger partial charge in [0.05, 0.1) is 26.0 Å². The van der Waals surface area contributed by atoms with Gasteiger partial charge in [0.25, 0.3) is 0 Å². The summed E-state index contributed by atoms with van der Waals surface area (Å²) in [6, 6.07) is 10.2. The van der Waals surface area contributed by atoms with Gasteiger partial charge in [-0.2, -0.15) is 0 Å². The van der Waals surface area contributed by atoms with E-state index in [1.165, 1.54) is 5.56 Å². The van der Waals surface area contributed by atoms with Crippen molar-refractivity contribution in [1.29, 1.82) is 0 Å². The third-order valence-corrected chi connectivity index (χ3v) is 5.36. The van der Waals surface area contributed by atoms with Crippen LogP contribution in [0.4, 0.5) is 0 Å². The Hall–Kier alpha value is -2.18. The van der Waals surface area contributed by atoms with E-state index in [0.717, 1.165) is 51.1 Å². The number of hydrogen-bond acceptors (Lipinski definition) is 5. The molecule has 0 spiro atoms. The second-order valence-corrected chi connectivity index (χ2v) is 7.31. The van der Waals surface area contributed by atoms with Crippen molar-refractivity contribution in [3.63, 3.8) is 0 Å². The van der Waals surface area contributed by atoms with Gasteiger partial charge in [-0.15, -0.1) is 0 Å². The maximum Gasteiger partial charge on any atom is 0.237 e. The molecule has 6 heteroatoms. The lowest BCUT2D eigenvalue weighted by Gasteiger charge is -2.36. The van der Waals surface area contributed by atoms with Crippen LogP contribution in [0, 0.1) is 0 Å². The fourth-order valence-corrected chi connectivity index (χ4v) is 3.88. The van der Waals surface area contributed by atoms with Crippen LogP contribution in [0.5, 0.6) is 0 Å². The molecule has 1 unspecified atom stereocenters. The minimum absolute atomic E-state index is 0.0446. The van der Waals surface area contributed by atoms with Gasteiger partial charge in [0.15, 0.2) is 0 Å². The van der Waals surface area contributed by atoms with Crippen LogP contribution in [0.25, 0.3) is 0 Å². The van der Waals surface area contributed by atoms with Crippen molar-refractivity contribution >= 4 is 5.91 Å². The van der Waals surface area contributed by atoms with Crippen molar-refractivity contribution in [3.05, 3.63) is 53.7 Å². The Balaban J connectivity index is 1.43. The van der Waals surface area contributed by atoms with Crippen LogP contribution in [0.1, 0.15) is 42.5 Å². The number of rotatable bonds is 5. The van der Waals surface area contributed by atoms with Crippen LogP contribution < -0.4 is 0 Å². The SMILES string of the molecule is O=C(CN1CCOCC1)N1CCCCC1c1ncc(Cc2ccccc2)o1. The number of carbonyl (C=O) groups excluding carboxylic acids is 1. The van der Waals surface area contributed by atoms with E-state index < -0.39 is 0 Å². The summed E-state index contributed by atoms with van der Waals surface area (Å²) in [7, 11) is 0. The molecule has 144 valence electrons. The molecule has 27 heavy (non-hydrogen) atoms. The molecule has 2 aliphatic heterocycles. The normalized spacial score (nSPS) is 21.3. The maximum atomic E-state index is 12.9. The molecule has 0 saturated carbocycles. The average Bonchev–Trinajstić information content (AvgIpc) is 3.18. The second-order valence-electron chi connectivity index (χ2n) is 7.31. The Morgan fingerprint density at radius 2 is 1.93 bits per heavy atom. The van der Waals surface area contributed by atoms with E-state index in [1.807, 2.05) is 29.3 Å². The fourth-order valence-electron chi connectivity index (χ4n) is 3.88. The van der Waals surface area contributed by atoms with E-state index in [1.54, 1.807) is 0 Å². The molecule has 0 radical (unpaired) electrons. The van der Waals surface area contributed by atoms with E-state index in [0.29, 0.717) is 25.6 Å². The molecule has 1 amide bonds. The summed E-state index contributed by atoms with van der Waals surface area (Å²) in [6.07, 6.45) is 5.59. The predicted molar refractivity (Wildman–Crippen MR) is 101 cm³/mol. The van der Waals surface area contributed by atoms with Gasteiger partial charge in [-0.05, 0) is 24.8 Å². The van der Waals surface area contributed by atoms with Gasteiger partial charge in [0.2, 0.25) is 11.8 Å². The molecule has 2 aliphatic rings. The van der Waals surface area contributed by atoms with E-state index in [2.05, 4.69) is 22.0 Å². The Labute approximate surface area is 160 Å². The smallest absolute Gasteiger partial charge is 0.237 e. The lowest BCUT2D eigenvalue weighted by Crippen LogP contribution is -2.47. The van der Waals surface area contributed by atoms with Gasteiger partial charge < -0.3 is 14.1 Å². The Morgan fingerprint density at radius 1 is 1.11 bits per heavy atom. The molecule has 2 fully saturated rings. The van der Waals surface area contributed by atoms with E-state index in [9.17, 15) is 4.79 Å². The van der Waals surface area contributed by atoms with E-state index in [4.69, 9.17) is 9.15 Å². The topological polar surface area (TPSA) is 58.8 Å². The molecule has 1 aromatic carbocycles. The molecule has 2 saturated heterocycles. The lowest BCUT2D eigenvalue weighted by molar-refractivity contribution is -0.137. The molecular formula is C21H27N3O3. The van der Waals surface area contributed by atoms with Crippen molar-refractivity contribution in [2.45, 2.75) is 31.7 Å². The molecule has 0 bridgehead atoms. The highest BCUT2D eigenvalue weighted by Crippen LogP contribution is 2.31. The first-order valence-electron chi connectivity index (χ1n) is 9.88. The number of ether oxygens (including phenoxy) is 1. The van der Waals surface area contributed by atoms with Crippen molar-refractivity contribution < 1.29 is 13.9 Å². The van der Waals surface area contributed by atoms with Gasteiger partial charge in [-0.25, -0.2) is 4.98 Å². The van der Waals surface area contributed by atoms with Crippen LogP contribution in [-0.4, -0.2) is 60.1 Å². The van der Waals surface area contributed by atoms with Crippen molar-refractivity contribution in [3.8, 4) is 0 Å². The number of carbonyl (C=O) groups is 1. The van der Waals surface area contributed by atoms with Crippen LogP contribution in [-0.2, 0) is 16.0 Å². The van der Waals surface area contributed by atoms with Gasteiger partial charge in [-0.3, -0.25) is 9.69 Å². The number of hydrogen-bond donors (Lipinski definition) is 0. The summed E-state index contributed by atoms with van der Waals surface area (Å²) in [4.78, 5) is 21.6. The van der Waals surface area contributed by atoms with E-state index >= 15 is 0 Å². The quantitative estimate of drug-likeness (QED) is 0.811. The maximum absolute atomic E-state index is 12.9. The monoisotopic (exact) mass is 369 g/mol. The summed E-state index contributed by atoms with van der Waals surface area (Å²) in [5.74, 6) is 1.70. The number of aromatic nitrogens is 1. The molecule has 4 rings (SSSR count). The Kier molecular flexibility index (Phi) is 5.84. The number of benzene rings is 1. The van der Waals surface area contributed by atoms with Crippen LogP contribution in [0.3, 0.4) is 0 Å². The zero-order valence-corrected chi connectivity index (χ0v) is 15.7. The number of likely N-dealkylation sites (tertiary alicyclic amines) is 1. The van der Waals surface area contributed by atoms with Crippen molar-refractivity contribution in [1.82, 2.24) is 14.8 Å². The second kappa shape index (κ2) is 8.67. The number of oxazole rings is 1. The van der Waals surface area contributed by atoms with Crippen molar-refractivity contribution in [2.24, 2.45) is 0 Å². The van der Waals surface area contributed by atoms with Crippen LogP contribution >= 0.6 is 0 Å². The summed E-state index contributed by atoms with van der Waals surface area (Å²) < 4.78 is 11.4. The van der Waals surface area contributed by atoms with Crippen LogP contribution in [0.2, 0.25) is 0 Å². The first kappa shape index (κ1) is 18.2. The number of piperidine rings is 1. The zero-order chi connectivity index (χ0) is 18.5.